The van der Waals surface area contributed by atoms with Crippen molar-refractivity contribution in [3.63, 3.8) is 0 Å². The molecule has 4 rings (SSSR count). The molecule has 0 amide bonds. The number of benzene rings is 1. The maximum atomic E-state index is 14.5. The van der Waals surface area contributed by atoms with E-state index in [-0.39, 0.29) is 5.82 Å². The van der Waals surface area contributed by atoms with Gasteiger partial charge in [0.1, 0.15) is 5.82 Å². The Morgan fingerprint density at radius 3 is 2.72 bits per heavy atom. The zero-order valence-corrected chi connectivity index (χ0v) is 14.3. The molecule has 0 spiro atoms. The lowest BCUT2D eigenvalue weighted by Gasteiger charge is -2.34. The molecule has 0 atom stereocenters. The zero-order valence-electron chi connectivity index (χ0n) is 14.3. The summed E-state index contributed by atoms with van der Waals surface area (Å²) in [6, 6.07) is 5.41. The van der Waals surface area contributed by atoms with E-state index in [2.05, 4.69) is 15.1 Å². The van der Waals surface area contributed by atoms with Crippen LogP contribution in [0.4, 0.5) is 10.1 Å². The quantitative estimate of drug-likeness (QED) is 0.873. The van der Waals surface area contributed by atoms with Crippen LogP contribution in [0.15, 0.2) is 30.6 Å². The molecule has 0 unspecified atom stereocenters. The van der Waals surface area contributed by atoms with E-state index in [1.54, 1.807) is 18.5 Å². The standard InChI is InChI=1S/C19H24FN3O2/c20-18-9-15(16-10-21-22-11-16)1-2-19(18)23-6-3-17(4-7-23)25-8-5-14-12-24-13-14/h1-2,9-11,14,17H,3-8,12-13H2,(H,21,22). The number of ether oxygens (including phenoxy) is 2. The average molecular weight is 345 g/mol. The van der Waals surface area contributed by atoms with E-state index in [4.69, 9.17) is 9.47 Å². The second-order valence-electron chi connectivity index (χ2n) is 6.90. The fraction of sp³-hybridized carbons (Fsp3) is 0.526. The van der Waals surface area contributed by atoms with Gasteiger partial charge in [-0.1, -0.05) is 6.07 Å². The number of aromatic nitrogens is 2. The minimum Gasteiger partial charge on any atom is -0.381 e. The first-order valence-electron chi connectivity index (χ1n) is 9.02. The van der Waals surface area contributed by atoms with E-state index in [0.717, 1.165) is 63.3 Å². The molecule has 3 heterocycles. The molecule has 1 aromatic heterocycles. The maximum absolute atomic E-state index is 14.5. The van der Waals surface area contributed by atoms with Gasteiger partial charge >= 0.3 is 0 Å². The summed E-state index contributed by atoms with van der Waals surface area (Å²) >= 11 is 0. The molecule has 25 heavy (non-hydrogen) atoms. The van der Waals surface area contributed by atoms with Gasteiger partial charge in [0.25, 0.3) is 0 Å². The summed E-state index contributed by atoms with van der Waals surface area (Å²) in [6.45, 7) is 4.25. The fourth-order valence-corrected chi connectivity index (χ4v) is 3.47. The minimum absolute atomic E-state index is 0.178. The van der Waals surface area contributed by atoms with Crippen molar-refractivity contribution >= 4 is 5.69 Å². The Labute approximate surface area is 147 Å². The third-order valence-corrected chi connectivity index (χ3v) is 5.15. The second kappa shape index (κ2) is 7.54. The van der Waals surface area contributed by atoms with E-state index in [1.807, 2.05) is 12.1 Å². The number of anilines is 1. The molecule has 5 nitrogen and oxygen atoms in total. The average Bonchev–Trinajstić information content (AvgIpc) is 3.12. The van der Waals surface area contributed by atoms with E-state index in [9.17, 15) is 4.39 Å². The fourth-order valence-electron chi connectivity index (χ4n) is 3.47. The zero-order chi connectivity index (χ0) is 17.1. The van der Waals surface area contributed by atoms with Gasteiger partial charge in [-0.15, -0.1) is 0 Å². The number of aromatic amines is 1. The maximum Gasteiger partial charge on any atom is 0.147 e. The molecule has 134 valence electrons. The predicted octanol–water partition coefficient (Wildman–Crippen LogP) is 3.24. The topological polar surface area (TPSA) is 50.4 Å². The first-order chi connectivity index (χ1) is 12.3. The molecule has 6 heteroatoms. The van der Waals surface area contributed by atoms with Crippen LogP contribution in [0.3, 0.4) is 0 Å². The number of piperidine rings is 1. The Morgan fingerprint density at radius 2 is 2.08 bits per heavy atom. The van der Waals surface area contributed by atoms with Gasteiger partial charge in [-0.25, -0.2) is 4.39 Å². The number of hydrogen-bond donors (Lipinski definition) is 1. The van der Waals surface area contributed by atoms with Crippen molar-refractivity contribution in [3.05, 3.63) is 36.4 Å². The molecule has 1 aromatic carbocycles. The van der Waals surface area contributed by atoms with Gasteiger partial charge in [0.05, 0.1) is 31.2 Å². The first-order valence-corrected chi connectivity index (χ1v) is 9.02. The Hall–Kier alpha value is -1.92. The predicted molar refractivity (Wildman–Crippen MR) is 94.1 cm³/mol. The van der Waals surface area contributed by atoms with Gasteiger partial charge in [0.15, 0.2) is 0 Å². The highest BCUT2D eigenvalue weighted by Crippen LogP contribution is 2.28. The molecule has 2 aliphatic rings. The van der Waals surface area contributed by atoms with Crippen LogP contribution in [-0.2, 0) is 9.47 Å². The minimum atomic E-state index is -0.178. The highest BCUT2D eigenvalue weighted by atomic mass is 19.1. The summed E-state index contributed by atoms with van der Waals surface area (Å²) in [4.78, 5) is 2.12. The van der Waals surface area contributed by atoms with Crippen LogP contribution in [0, 0.1) is 11.7 Å². The number of H-pyrrole nitrogens is 1. The number of nitrogens with one attached hydrogen (secondary N) is 1. The molecule has 2 fully saturated rings. The molecular weight excluding hydrogens is 321 g/mol. The number of hydrogen-bond acceptors (Lipinski definition) is 4. The van der Waals surface area contributed by atoms with Crippen molar-refractivity contribution < 1.29 is 13.9 Å². The van der Waals surface area contributed by atoms with Crippen molar-refractivity contribution in [1.82, 2.24) is 10.2 Å². The molecule has 2 aromatic rings. The molecule has 0 saturated carbocycles. The van der Waals surface area contributed by atoms with Crippen LogP contribution in [0.2, 0.25) is 0 Å². The van der Waals surface area contributed by atoms with Crippen molar-refractivity contribution in [2.45, 2.75) is 25.4 Å². The third kappa shape index (κ3) is 3.85. The van der Waals surface area contributed by atoms with Gasteiger partial charge in [0.2, 0.25) is 0 Å². The largest absolute Gasteiger partial charge is 0.381 e. The van der Waals surface area contributed by atoms with Crippen LogP contribution in [0.25, 0.3) is 11.1 Å². The highest BCUT2D eigenvalue weighted by molar-refractivity contribution is 5.65. The van der Waals surface area contributed by atoms with Gasteiger partial charge in [-0.2, -0.15) is 5.10 Å². The highest BCUT2D eigenvalue weighted by Gasteiger charge is 2.23. The van der Waals surface area contributed by atoms with Gasteiger partial charge in [-0.3, -0.25) is 5.10 Å². The van der Waals surface area contributed by atoms with Gasteiger partial charge < -0.3 is 14.4 Å². The second-order valence-corrected chi connectivity index (χ2v) is 6.90. The Kier molecular flexibility index (Phi) is 4.99. The first kappa shape index (κ1) is 16.5. The van der Waals surface area contributed by atoms with E-state index >= 15 is 0 Å². The van der Waals surface area contributed by atoms with Crippen molar-refractivity contribution in [3.8, 4) is 11.1 Å². The summed E-state index contributed by atoms with van der Waals surface area (Å²) in [7, 11) is 0. The molecule has 0 bridgehead atoms. The molecule has 2 saturated heterocycles. The number of halogens is 1. The summed E-state index contributed by atoms with van der Waals surface area (Å²) in [5.41, 5.74) is 2.42. The smallest absolute Gasteiger partial charge is 0.147 e. The molecule has 0 radical (unpaired) electrons. The Morgan fingerprint density at radius 1 is 1.24 bits per heavy atom. The van der Waals surface area contributed by atoms with Crippen molar-refractivity contribution in [1.29, 1.82) is 0 Å². The van der Waals surface area contributed by atoms with Crippen LogP contribution < -0.4 is 4.90 Å². The van der Waals surface area contributed by atoms with Crippen molar-refractivity contribution in [2.75, 3.05) is 37.8 Å². The molecule has 1 N–H and O–H groups in total. The molecular formula is C19H24FN3O2. The Balaban J connectivity index is 1.29. The van der Waals surface area contributed by atoms with Gasteiger partial charge in [0, 0.05) is 37.4 Å². The van der Waals surface area contributed by atoms with Crippen LogP contribution in [-0.4, -0.2) is 49.2 Å². The van der Waals surface area contributed by atoms with E-state index in [1.165, 1.54) is 0 Å². The SMILES string of the molecule is Fc1cc(-c2cn[nH]c2)ccc1N1CCC(OCCC2COC2)CC1. The van der Waals surface area contributed by atoms with Crippen LogP contribution in [0.1, 0.15) is 19.3 Å². The van der Waals surface area contributed by atoms with E-state index in [0.29, 0.717) is 17.7 Å². The summed E-state index contributed by atoms with van der Waals surface area (Å²) in [5, 5.41) is 6.67. The number of rotatable bonds is 6. The van der Waals surface area contributed by atoms with Crippen molar-refractivity contribution in [2.24, 2.45) is 5.92 Å². The lowest BCUT2D eigenvalue weighted by molar-refractivity contribution is -0.0558. The summed E-state index contributed by atoms with van der Waals surface area (Å²) in [5.74, 6) is 0.506. The third-order valence-electron chi connectivity index (χ3n) is 5.15. The number of nitrogens with zero attached hydrogens (tertiary/aromatic N) is 2. The normalized spacial score (nSPS) is 19.2. The molecule has 2 aliphatic heterocycles. The monoisotopic (exact) mass is 345 g/mol. The summed E-state index contributed by atoms with van der Waals surface area (Å²) < 4.78 is 25.7. The molecule has 0 aliphatic carbocycles. The van der Waals surface area contributed by atoms with Crippen LogP contribution >= 0.6 is 0 Å². The lowest BCUT2D eigenvalue weighted by Crippen LogP contribution is -2.38. The Bertz CT molecular complexity index is 680. The van der Waals surface area contributed by atoms with Gasteiger partial charge in [-0.05, 0) is 37.0 Å². The lowest BCUT2D eigenvalue weighted by atomic mass is 10.0. The summed E-state index contributed by atoms with van der Waals surface area (Å²) in [6.07, 6.45) is 6.75. The van der Waals surface area contributed by atoms with E-state index < -0.39 is 0 Å². The van der Waals surface area contributed by atoms with Crippen LogP contribution in [0.5, 0.6) is 0 Å².